The molecule has 1 aromatic carbocycles. The fourth-order valence-electron chi connectivity index (χ4n) is 9.08. The van der Waals surface area contributed by atoms with E-state index in [2.05, 4.69) is 36.6 Å². The summed E-state index contributed by atoms with van der Waals surface area (Å²) in [6.45, 7) is 2.31. The molecular formula is C40H44N10O8. The maximum atomic E-state index is 13.8. The van der Waals surface area contributed by atoms with E-state index < -0.39 is 35.3 Å². The zero-order valence-electron chi connectivity index (χ0n) is 31.9. The molecular weight excluding hydrogens is 749 g/mol. The third-order valence-electron chi connectivity index (χ3n) is 12.3. The van der Waals surface area contributed by atoms with E-state index in [1.807, 2.05) is 0 Å². The summed E-state index contributed by atoms with van der Waals surface area (Å²) in [6, 6.07) is 6.52. The summed E-state index contributed by atoms with van der Waals surface area (Å²) in [6.07, 6.45) is 7.80. The summed E-state index contributed by atoms with van der Waals surface area (Å²) in [7, 11) is 0. The van der Waals surface area contributed by atoms with Crippen LogP contribution in [0.3, 0.4) is 0 Å². The standard InChI is InChI=1S/C40H44N10O8/c1-21-16-26(46-29-18-28(41)43-20-44-29)38(58)50-32(21)35(55)48-40(50)13-11-39(12-14-40)19-25(39)33(53)42-15-5-3-2-4-6-30(51)45-22-7-8-23-24(17-22)37(57)49(36(23)56)27-9-10-31(52)47-34(27)54/h7-8,16-18,20,25,27H,2-6,9-15,19H2,1H3,(H,42,53)(H,45,51)(H,48,55)(H,47,52,54)(H3,41,43,44,46). The largest absolute Gasteiger partial charge is 0.384 e. The lowest BCUT2D eigenvalue weighted by Gasteiger charge is -2.39. The summed E-state index contributed by atoms with van der Waals surface area (Å²) in [5, 5.41) is 14.2. The highest BCUT2D eigenvalue weighted by molar-refractivity contribution is 6.24. The van der Waals surface area contributed by atoms with Gasteiger partial charge in [-0.1, -0.05) is 12.8 Å². The van der Waals surface area contributed by atoms with Crippen molar-refractivity contribution < 1.29 is 33.6 Å². The van der Waals surface area contributed by atoms with Crippen LogP contribution in [0.2, 0.25) is 0 Å². The quantitative estimate of drug-likeness (QED) is 0.114. The Morgan fingerprint density at radius 3 is 2.45 bits per heavy atom. The Kier molecular flexibility index (Phi) is 9.80. The van der Waals surface area contributed by atoms with Crippen LogP contribution in [-0.4, -0.2) is 73.4 Å². The number of nitrogen functional groups attached to an aromatic ring is 1. The van der Waals surface area contributed by atoms with Crippen molar-refractivity contribution in [3.63, 3.8) is 0 Å². The average molecular weight is 793 g/mol. The Bertz CT molecular complexity index is 2350. The van der Waals surface area contributed by atoms with Gasteiger partial charge in [-0.05, 0) is 93.5 Å². The van der Waals surface area contributed by atoms with E-state index in [0.717, 1.165) is 30.6 Å². The van der Waals surface area contributed by atoms with Gasteiger partial charge in [-0.25, -0.2) is 9.97 Å². The number of amides is 7. The van der Waals surface area contributed by atoms with Gasteiger partial charge in [0.2, 0.25) is 23.6 Å². The first-order valence-corrected chi connectivity index (χ1v) is 19.7. The number of aryl methyl sites for hydroxylation is 1. The Hall–Kier alpha value is -6.46. The molecule has 5 aliphatic rings. The van der Waals surface area contributed by atoms with Gasteiger partial charge in [0.1, 0.15) is 41.0 Å². The SMILES string of the molecule is Cc1cc(Nc2cc(N)ncn2)c(=O)n2c1C(=O)NC21CCC2(CC1)CC2C(=O)NCCCCCCC(=O)Nc1ccc2c(c1)C(=O)N(C1CCC(=O)NC1=O)C2=O. The van der Waals surface area contributed by atoms with Gasteiger partial charge >= 0.3 is 0 Å². The predicted octanol–water partition coefficient (Wildman–Crippen LogP) is 2.36. The Morgan fingerprint density at radius 1 is 0.931 bits per heavy atom. The number of rotatable bonds is 12. The second-order valence-electron chi connectivity index (χ2n) is 16.0. The molecule has 5 heterocycles. The van der Waals surface area contributed by atoms with E-state index in [-0.39, 0.29) is 76.5 Å². The fraction of sp³-hybridized carbons (Fsp3) is 0.450. The highest BCUT2D eigenvalue weighted by Crippen LogP contribution is 2.63. The summed E-state index contributed by atoms with van der Waals surface area (Å²) in [5.41, 5.74) is 6.28. The topological polar surface area (TPSA) is 257 Å². The smallest absolute Gasteiger partial charge is 0.276 e. The number of hydrogen-bond donors (Lipinski definition) is 6. The molecule has 2 aliphatic carbocycles. The van der Waals surface area contributed by atoms with Crippen LogP contribution in [-0.2, 0) is 24.8 Å². The molecule has 58 heavy (non-hydrogen) atoms. The minimum Gasteiger partial charge on any atom is -0.384 e. The van der Waals surface area contributed by atoms with Gasteiger partial charge in [-0.2, -0.15) is 0 Å². The number of hydrogen-bond acceptors (Lipinski definition) is 12. The number of piperidine rings is 1. The molecule has 8 rings (SSSR count). The lowest BCUT2D eigenvalue weighted by atomic mass is 9.78. The molecule has 2 saturated carbocycles. The number of unbranched alkanes of at least 4 members (excludes halogenated alkanes) is 3. The molecule has 3 fully saturated rings. The van der Waals surface area contributed by atoms with Gasteiger partial charge in [-0.3, -0.25) is 53.1 Å². The number of pyridine rings is 1. The highest BCUT2D eigenvalue weighted by Gasteiger charge is 2.62. The Morgan fingerprint density at radius 2 is 1.69 bits per heavy atom. The van der Waals surface area contributed by atoms with Gasteiger partial charge in [0.05, 0.1) is 11.1 Å². The van der Waals surface area contributed by atoms with Crippen LogP contribution in [0.4, 0.5) is 23.0 Å². The number of nitrogens with one attached hydrogen (secondary N) is 5. The predicted molar refractivity (Wildman–Crippen MR) is 207 cm³/mol. The van der Waals surface area contributed by atoms with Crippen LogP contribution < -0.4 is 37.9 Å². The molecule has 18 nitrogen and oxygen atoms in total. The van der Waals surface area contributed by atoms with E-state index in [9.17, 15) is 38.4 Å². The van der Waals surface area contributed by atoms with Crippen molar-refractivity contribution in [3.05, 3.63) is 69.4 Å². The van der Waals surface area contributed by atoms with Crippen molar-refractivity contribution in [2.45, 2.75) is 95.7 Å². The van der Waals surface area contributed by atoms with Gasteiger partial charge in [0, 0.05) is 37.1 Å². The highest BCUT2D eigenvalue weighted by atomic mass is 16.2. The van der Waals surface area contributed by atoms with Crippen LogP contribution in [0.25, 0.3) is 0 Å². The van der Waals surface area contributed by atoms with E-state index >= 15 is 0 Å². The van der Waals surface area contributed by atoms with E-state index in [1.54, 1.807) is 17.6 Å². The zero-order valence-corrected chi connectivity index (χ0v) is 31.9. The first-order chi connectivity index (χ1) is 27.8. The first-order valence-electron chi connectivity index (χ1n) is 19.7. The third-order valence-corrected chi connectivity index (χ3v) is 12.3. The summed E-state index contributed by atoms with van der Waals surface area (Å²) >= 11 is 0. The van der Waals surface area contributed by atoms with Gasteiger partial charge in [0.15, 0.2) is 0 Å². The normalized spacial score (nSPS) is 24.4. The van der Waals surface area contributed by atoms with Crippen LogP contribution in [0.5, 0.6) is 0 Å². The second kappa shape index (κ2) is 14.8. The van der Waals surface area contributed by atoms with Crippen molar-refractivity contribution in [1.82, 2.24) is 35.4 Å². The number of imide groups is 2. The molecule has 3 aromatic rings. The maximum absolute atomic E-state index is 13.8. The number of benzene rings is 1. The van der Waals surface area contributed by atoms with Gasteiger partial charge in [-0.15, -0.1) is 0 Å². The van der Waals surface area contributed by atoms with Gasteiger partial charge in [0.25, 0.3) is 23.3 Å². The van der Waals surface area contributed by atoms with Gasteiger partial charge < -0.3 is 27.0 Å². The number of carbonyl (C=O) groups is 7. The number of fused-ring (bicyclic) bond motifs is 3. The molecule has 7 N–H and O–H groups in total. The lowest BCUT2D eigenvalue weighted by Crippen LogP contribution is -2.54. The number of nitrogens with zero attached hydrogens (tertiary/aromatic N) is 4. The maximum Gasteiger partial charge on any atom is 0.276 e. The summed E-state index contributed by atoms with van der Waals surface area (Å²) in [5.74, 6) is -2.40. The molecule has 1 saturated heterocycles. The number of anilines is 4. The summed E-state index contributed by atoms with van der Waals surface area (Å²) < 4.78 is 1.59. The van der Waals surface area contributed by atoms with Crippen LogP contribution in [0, 0.1) is 18.3 Å². The van der Waals surface area contributed by atoms with Crippen LogP contribution >= 0.6 is 0 Å². The van der Waals surface area contributed by atoms with E-state index in [1.165, 1.54) is 30.6 Å². The second-order valence-corrected chi connectivity index (χ2v) is 16.0. The molecule has 2 spiro atoms. The molecule has 2 atom stereocenters. The monoisotopic (exact) mass is 792 g/mol. The molecule has 7 amide bonds. The van der Waals surface area contributed by atoms with Crippen molar-refractivity contribution in [2.75, 3.05) is 22.9 Å². The number of carbonyl (C=O) groups excluding carboxylic acids is 7. The Balaban J connectivity index is 0.760. The molecule has 302 valence electrons. The molecule has 18 heteroatoms. The minimum absolute atomic E-state index is 0.0181. The minimum atomic E-state index is -1.06. The van der Waals surface area contributed by atoms with Crippen molar-refractivity contribution in [3.8, 4) is 0 Å². The summed E-state index contributed by atoms with van der Waals surface area (Å²) in [4.78, 5) is 112. The van der Waals surface area contributed by atoms with Crippen molar-refractivity contribution in [1.29, 1.82) is 0 Å². The number of aromatic nitrogens is 3. The fourth-order valence-corrected chi connectivity index (χ4v) is 9.08. The third kappa shape index (κ3) is 6.96. The van der Waals surface area contributed by atoms with Crippen molar-refractivity contribution >= 4 is 64.4 Å². The molecule has 0 bridgehead atoms. The van der Waals surface area contributed by atoms with Crippen molar-refractivity contribution in [2.24, 2.45) is 11.3 Å². The molecule has 0 radical (unpaired) electrons. The number of nitrogens with two attached hydrogens (primary N) is 1. The molecule has 2 unspecified atom stereocenters. The van der Waals surface area contributed by atoms with E-state index in [0.29, 0.717) is 61.4 Å². The first kappa shape index (κ1) is 38.4. The molecule has 2 aromatic heterocycles. The van der Waals surface area contributed by atoms with Crippen LogP contribution in [0.1, 0.15) is 114 Å². The van der Waals surface area contributed by atoms with E-state index in [4.69, 9.17) is 5.73 Å². The van der Waals surface area contributed by atoms with Crippen LogP contribution in [0.15, 0.2) is 41.5 Å². The average Bonchev–Trinajstić information content (AvgIpc) is 3.74. The zero-order chi connectivity index (χ0) is 40.9. The Labute approximate surface area is 332 Å². The lowest BCUT2D eigenvalue weighted by molar-refractivity contribution is -0.136. The molecule has 3 aliphatic heterocycles.